The first-order valence-corrected chi connectivity index (χ1v) is 9.87. The van der Waals surface area contributed by atoms with Crippen molar-refractivity contribution in [1.29, 1.82) is 0 Å². The Balaban J connectivity index is 1.38. The molecule has 0 radical (unpaired) electrons. The lowest BCUT2D eigenvalue weighted by Gasteiger charge is -2.35. The van der Waals surface area contributed by atoms with Crippen molar-refractivity contribution in [2.75, 3.05) is 31.1 Å². The maximum Gasteiger partial charge on any atom is 0.269 e. The van der Waals surface area contributed by atoms with Gasteiger partial charge < -0.3 is 9.47 Å². The van der Waals surface area contributed by atoms with E-state index in [0.717, 1.165) is 55.7 Å². The molecule has 2 aliphatic rings. The highest BCUT2D eigenvalue weighted by atomic mass is 32.1. The van der Waals surface area contributed by atoms with Gasteiger partial charge in [-0.15, -0.1) is 0 Å². The molecular weight excluding hydrogens is 364 g/mol. The van der Waals surface area contributed by atoms with Crippen molar-refractivity contribution in [3.05, 3.63) is 45.0 Å². The quantitative estimate of drug-likeness (QED) is 0.430. The van der Waals surface area contributed by atoms with E-state index >= 15 is 0 Å². The number of nitrogens with zero attached hydrogens (tertiary/aromatic N) is 6. The highest BCUT2D eigenvalue weighted by Gasteiger charge is 2.30. The SMILES string of the molecule is CCn1c(C2CC2)nn(CN2CCN(c3ccc([N+](=O)[O-])cc3)CC2)c1=S. The van der Waals surface area contributed by atoms with Crippen LogP contribution in [0.15, 0.2) is 24.3 Å². The number of nitro groups is 1. The summed E-state index contributed by atoms with van der Waals surface area (Å²) in [6, 6.07) is 6.79. The Labute approximate surface area is 163 Å². The van der Waals surface area contributed by atoms with Crippen molar-refractivity contribution in [2.24, 2.45) is 0 Å². The molecule has 1 saturated heterocycles. The molecule has 1 aliphatic carbocycles. The summed E-state index contributed by atoms with van der Waals surface area (Å²) in [5, 5.41) is 15.6. The number of benzene rings is 1. The van der Waals surface area contributed by atoms with Gasteiger partial charge in [-0.05, 0) is 44.1 Å². The van der Waals surface area contributed by atoms with E-state index in [2.05, 4.69) is 21.3 Å². The zero-order valence-electron chi connectivity index (χ0n) is 15.5. The smallest absolute Gasteiger partial charge is 0.269 e. The molecule has 4 rings (SSSR count). The number of rotatable bonds is 6. The average Bonchev–Trinajstić information content (AvgIpc) is 3.48. The molecular formula is C18H24N6O2S. The van der Waals surface area contributed by atoms with Crippen LogP contribution in [-0.2, 0) is 13.2 Å². The topological polar surface area (TPSA) is 72.4 Å². The zero-order valence-corrected chi connectivity index (χ0v) is 16.3. The molecule has 2 fully saturated rings. The summed E-state index contributed by atoms with van der Waals surface area (Å²) in [5.41, 5.74) is 1.16. The summed E-state index contributed by atoms with van der Waals surface area (Å²) in [6.07, 6.45) is 2.44. The monoisotopic (exact) mass is 388 g/mol. The molecule has 27 heavy (non-hydrogen) atoms. The summed E-state index contributed by atoms with van der Waals surface area (Å²) in [7, 11) is 0. The summed E-state index contributed by atoms with van der Waals surface area (Å²) < 4.78 is 4.95. The summed E-state index contributed by atoms with van der Waals surface area (Å²) in [5.74, 6) is 1.74. The number of piperazine rings is 1. The zero-order chi connectivity index (χ0) is 19.0. The minimum atomic E-state index is -0.364. The van der Waals surface area contributed by atoms with E-state index in [0.29, 0.717) is 5.92 Å². The summed E-state index contributed by atoms with van der Waals surface area (Å²) in [6.45, 7) is 7.31. The van der Waals surface area contributed by atoms with Crippen molar-refractivity contribution in [1.82, 2.24) is 19.2 Å². The lowest BCUT2D eigenvalue weighted by atomic mass is 10.2. The van der Waals surface area contributed by atoms with Crippen LogP contribution in [0, 0.1) is 14.9 Å². The molecule has 0 amide bonds. The van der Waals surface area contributed by atoms with E-state index in [-0.39, 0.29) is 10.6 Å². The number of hydrogen-bond donors (Lipinski definition) is 0. The van der Waals surface area contributed by atoms with Crippen LogP contribution in [-0.4, -0.2) is 50.3 Å². The van der Waals surface area contributed by atoms with Crippen molar-refractivity contribution in [3.63, 3.8) is 0 Å². The average molecular weight is 388 g/mol. The molecule has 144 valence electrons. The number of anilines is 1. The number of non-ortho nitro benzene ring substituents is 1. The molecule has 8 nitrogen and oxygen atoms in total. The Morgan fingerprint density at radius 1 is 1.19 bits per heavy atom. The summed E-state index contributed by atoms with van der Waals surface area (Å²) >= 11 is 5.63. The fraction of sp³-hybridized carbons (Fsp3) is 0.556. The molecule has 0 N–H and O–H groups in total. The second-order valence-electron chi connectivity index (χ2n) is 7.18. The first-order chi connectivity index (χ1) is 13.1. The molecule has 0 spiro atoms. The molecule has 9 heteroatoms. The van der Waals surface area contributed by atoms with Crippen LogP contribution >= 0.6 is 12.2 Å². The van der Waals surface area contributed by atoms with Crippen LogP contribution in [0.5, 0.6) is 0 Å². The fourth-order valence-corrected chi connectivity index (χ4v) is 3.93. The van der Waals surface area contributed by atoms with Crippen LogP contribution in [0.3, 0.4) is 0 Å². The van der Waals surface area contributed by atoms with E-state index in [1.807, 2.05) is 16.8 Å². The Morgan fingerprint density at radius 2 is 1.85 bits per heavy atom. The number of hydrogen-bond acceptors (Lipinski definition) is 6. The van der Waals surface area contributed by atoms with E-state index < -0.39 is 0 Å². The van der Waals surface area contributed by atoms with Crippen molar-refractivity contribution < 1.29 is 4.92 Å². The largest absolute Gasteiger partial charge is 0.369 e. The summed E-state index contributed by atoms with van der Waals surface area (Å²) in [4.78, 5) is 15.1. The maximum atomic E-state index is 10.8. The van der Waals surface area contributed by atoms with Crippen LogP contribution in [0.4, 0.5) is 11.4 Å². The molecule has 0 bridgehead atoms. The van der Waals surface area contributed by atoms with Gasteiger partial charge >= 0.3 is 0 Å². The number of aromatic nitrogens is 3. The minimum absolute atomic E-state index is 0.129. The molecule has 2 heterocycles. The van der Waals surface area contributed by atoms with Gasteiger partial charge in [0.1, 0.15) is 5.82 Å². The van der Waals surface area contributed by atoms with Gasteiger partial charge in [-0.2, -0.15) is 5.10 Å². The highest BCUT2D eigenvalue weighted by molar-refractivity contribution is 7.71. The fourth-order valence-electron chi connectivity index (χ4n) is 3.61. The van der Waals surface area contributed by atoms with Crippen LogP contribution < -0.4 is 4.90 Å². The predicted octanol–water partition coefficient (Wildman–Crippen LogP) is 3.00. The van der Waals surface area contributed by atoms with Crippen LogP contribution in [0.2, 0.25) is 0 Å². The van der Waals surface area contributed by atoms with Gasteiger partial charge in [0.25, 0.3) is 5.69 Å². The van der Waals surface area contributed by atoms with Gasteiger partial charge in [0, 0.05) is 56.5 Å². The standard InChI is InChI=1S/C18H24N6O2S/c1-2-22-17(14-3-4-14)19-23(18(22)27)13-20-9-11-21(12-10-20)15-5-7-16(8-6-15)24(25)26/h5-8,14H,2-4,9-13H2,1H3. The first-order valence-electron chi connectivity index (χ1n) is 9.46. The van der Waals surface area contributed by atoms with E-state index in [1.165, 1.54) is 12.8 Å². The molecule has 1 aromatic carbocycles. The van der Waals surface area contributed by atoms with E-state index in [9.17, 15) is 10.1 Å². The van der Waals surface area contributed by atoms with Gasteiger partial charge in [-0.1, -0.05) is 0 Å². The Kier molecular flexibility index (Phi) is 4.96. The third-order valence-corrected chi connectivity index (χ3v) is 5.77. The van der Waals surface area contributed by atoms with Gasteiger partial charge in [0.05, 0.1) is 11.6 Å². The lowest BCUT2D eigenvalue weighted by molar-refractivity contribution is -0.384. The van der Waals surface area contributed by atoms with Gasteiger partial charge in [0.15, 0.2) is 4.77 Å². The highest BCUT2D eigenvalue weighted by Crippen LogP contribution is 2.39. The molecule has 0 unspecified atom stereocenters. The molecule has 1 saturated carbocycles. The maximum absolute atomic E-state index is 10.8. The second-order valence-corrected chi connectivity index (χ2v) is 7.54. The number of nitro benzene ring substituents is 1. The molecule has 2 aromatic rings. The van der Waals surface area contributed by atoms with Crippen molar-refractivity contribution >= 4 is 23.6 Å². The third-order valence-electron chi connectivity index (χ3n) is 5.34. The third kappa shape index (κ3) is 3.74. The van der Waals surface area contributed by atoms with Gasteiger partial charge in [0.2, 0.25) is 0 Å². The van der Waals surface area contributed by atoms with Crippen molar-refractivity contribution in [2.45, 2.75) is 38.9 Å². The Hall–Kier alpha value is -2.26. The Morgan fingerprint density at radius 3 is 2.41 bits per heavy atom. The van der Waals surface area contributed by atoms with Gasteiger partial charge in [-0.25, -0.2) is 4.68 Å². The molecule has 0 atom stereocenters. The predicted molar refractivity (Wildman–Crippen MR) is 106 cm³/mol. The molecule has 1 aliphatic heterocycles. The van der Waals surface area contributed by atoms with E-state index in [4.69, 9.17) is 17.3 Å². The van der Waals surface area contributed by atoms with E-state index in [1.54, 1.807) is 12.1 Å². The lowest BCUT2D eigenvalue weighted by Crippen LogP contribution is -2.47. The Bertz CT molecular complexity index is 878. The molecule has 1 aromatic heterocycles. The van der Waals surface area contributed by atoms with Gasteiger partial charge in [-0.3, -0.25) is 15.0 Å². The van der Waals surface area contributed by atoms with Crippen LogP contribution in [0.1, 0.15) is 31.5 Å². The van der Waals surface area contributed by atoms with Crippen LogP contribution in [0.25, 0.3) is 0 Å². The second kappa shape index (κ2) is 7.40. The minimum Gasteiger partial charge on any atom is -0.369 e. The van der Waals surface area contributed by atoms with Crippen molar-refractivity contribution in [3.8, 4) is 0 Å². The first kappa shape index (κ1) is 18.1. The normalized spacial score (nSPS) is 18.0.